The van der Waals surface area contributed by atoms with E-state index in [0.29, 0.717) is 6.42 Å². The van der Waals surface area contributed by atoms with Gasteiger partial charge in [0, 0.05) is 5.69 Å². The van der Waals surface area contributed by atoms with Gasteiger partial charge in [0.1, 0.15) is 11.4 Å². The van der Waals surface area contributed by atoms with Crippen molar-refractivity contribution in [2.24, 2.45) is 16.8 Å². The molecule has 1 aromatic carbocycles. The molecule has 0 saturated heterocycles. The first kappa shape index (κ1) is 26.9. The highest BCUT2D eigenvalue weighted by molar-refractivity contribution is 5.92. The number of ether oxygens (including phenoxy) is 2. The van der Waals surface area contributed by atoms with Crippen LogP contribution in [-0.4, -0.2) is 42.4 Å². The highest BCUT2D eigenvalue weighted by Crippen LogP contribution is 2.23. The molecule has 1 atom stereocenters. The van der Waals surface area contributed by atoms with Gasteiger partial charge in [-0.3, -0.25) is 4.79 Å². The van der Waals surface area contributed by atoms with E-state index >= 15 is 0 Å². The number of amidine groups is 1. The Kier molecular flexibility index (Phi) is 9.60. The molecule has 0 radical (unpaired) electrons. The van der Waals surface area contributed by atoms with E-state index in [1.54, 1.807) is 20.8 Å². The minimum Gasteiger partial charge on any atom is -0.444 e. The van der Waals surface area contributed by atoms with Crippen molar-refractivity contribution in [2.45, 2.75) is 59.0 Å². The molecule has 180 valence electrons. The number of nitrogens with two attached hydrogens (primary N) is 1. The molecule has 0 heterocycles. The number of oxime groups is 1. The maximum Gasteiger partial charge on any atom is 0.573 e. The third kappa shape index (κ3) is 11.9. The predicted molar refractivity (Wildman–Crippen MR) is 112 cm³/mol. The fourth-order valence-electron chi connectivity index (χ4n) is 2.34. The van der Waals surface area contributed by atoms with Gasteiger partial charge in [-0.2, -0.15) is 0 Å². The summed E-state index contributed by atoms with van der Waals surface area (Å²) in [5.41, 5.74) is 5.44. The molecule has 0 aliphatic carbocycles. The fourth-order valence-corrected chi connectivity index (χ4v) is 2.34. The summed E-state index contributed by atoms with van der Waals surface area (Å²) >= 11 is 0. The lowest BCUT2D eigenvalue weighted by Gasteiger charge is -2.24. The smallest absolute Gasteiger partial charge is 0.444 e. The summed E-state index contributed by atoms with van der Waals surface area (Å²) in [6.07, 6.45) is -5.02. The van der Waals surface area contributed by atoms with Gasteiger partial charge in [-0.05, 0) is 57.4 Å². The molecule has 0 bridgehead atoms. The Morgan fingerprint density at radius 2 is 1.72 bits per heavy atom. The fraction of sp³-hybridized carbons (Fsp3) is 0.550. The van der Waals surface area contributed by atoms with Crippen LogP contribution < -0.4 is 21.1 Å². The summed E-state index contributed by atoms with van der Waals surface area (Å²) in [4.78, 5) is 28.9. The van der Waals surface area contributed by atoms with Gasteiger partial charge in [0.25, 0.3) is 5.91 Å². The molecule has 12 heteroatoms. The summed E-state index contributed by atoms with van der Waals surface area (Å²) < 4.78 is 45.4. The third-order valence-electron chi connectivity index (χ3n) is 3.49. The van der Waals surface area contributed by atoms with Crippen molar-refractivity contribution < 1.29 is 37.1 Å². The van der Waals surface area contributed by atoms with Crippen molar-refractivity contribution in [1.29, 1.82) is 0 Å². The first-order chi connectivity index (χ1) is 14.6. The first-order valence-corrected chi connectivity index (χ1v) is 9.75. The maximum absolute atomic E-state index is 12.2. The Balaban J connectivity index is 2.61. The minimum absolute atomic E-state index is 0.0500. The van der Waals surface area contributed by atoms with Crippen LogP contribution in [0.2, 0.25) is 0 Å². The van der Waals surface area contributed by atoms with Gasteiger partial charge < -0.3 is 30.7 Å². The number of nitrogens with zero attached hydrogens (tertiary/aromatic N) is 1. The highest BCUT2D eigenvalue weighted by Gasteiger charge is 2.31. The Bertz CT molecular complexity index is 790. The molecule has 9 nitrogen and oxygen atoms in total. The van der Waals surface area contributed by atoms with Gasteiger partial charge in [-0.1, -0.05) is 19.0 Å². The molecule has 4 N–H and O–H groups in total. The SMILES string of the molecule is CC(C)CC(NC(=O)OC(C)(C)C)C(N)=NOCC(=O)Nc1ccc(OC(F)(F)F)cc1. The number of nitrogens with one attached hydrogen (secondary N) is 2. The number of hydrogen-bond donors (Lipinski definition) is 3. The number of carbonyl (C=O) groups is 2. The van der Waals surface area contributed by atoms with E-state index < -0.39 is 42.4 Å². The Morgan fingerprint density at radius 3 is 2.22 bits per heavy atom. The Labute approximate surface area is 184 Å². The summed E-state index contributed by atoms with van der Waals surface area (Å²) in [6, 6.07) is 3.91. The van der Waals surface area contributed by atoms with Crippen LogP contribution >= 0.6 is 0 Å². The van der Waals surface area contributed by atoms with Crippen molar-refractivity contribution >= 4 is 23.5 Å². The van der Waals surface area contributed by atoms with Crippen molar-refractivity contribution in [3.05, 3.63) is 24.3 Å². The van der Waals surface area contributed by atoms with Crippen LogP contribution in [0.1, 0.15) is 41.0 Å². The highest BCUT2D eigenvalue weighted by atomic mass is 19.4. The number of amides is 2. The van der Waals surface area contributed by atoms with E-state index in [9.17, 15) is 22.8 Å². The van der Waals surface area contributed by atoms with Crippen molar-refractivity contribution in [2.75, 3.05) is 11.9 Å². The first-order valence-electron chi connectivity index (χ1n) is 9.75. The zero-order valence-corrected chi connectivity index (χ0v) is 18.6. The number of carbonyl (C=O) groups excluding carboxylic acids is 2. The van der Waals surface area contributed by atoms with Crippen LogP contribution in [0.5, 0.6) is 5.75 Å². The third-order valence-corrected chi connectivity index (χ3v) is 3.49. The van der Waals surface area contributed by atoms with Gasteiger partial charge >= 0.3 is 12.5 Å². The average Bonchev–Trinajstić information content (AvgIpc) is 2.59. The molecular formula is C20H29F3N4O5. The molecule has 0 saturated carbocycles. The Hall–Kier alpha value is -3.18. The summed E-state index contributed by atoms with van der Waals surface area (Å²) in [7, 11) is 0. The molecule has 2 amide bonds. The predicted octanol–water partition coefficient (Wildman–Crippen LogP) is 3.75. The zero-order valence-electron chi connectivity index (χ0n) is 18.6. The largest absolute Gasteiger partial charge is 0.573 e. The van der Waals surface area contributed by atoms with E-state index in [0.717, 1.165) is 12.1 Å². The van der Waals surface area contributed by atoms with E-state index in [1.807, 2.05) is 13.8 Å². The Morgan fingerprint density at radius 1 is 1.12 bits per heavy atom. The summed E-state index contributed by atoms with van der Waals surface area (Å²) in [6.45, 7) is 8.51. The molecule has 1 unspecified atom stereocenters. The molecule has 0 aliphatic heterocycles. The van der Waals surface area contributed by atoms with Gasteiger partial charge in [-0.15, -0.1) is 13.2 Å². The lowest BCUT2D eigenvalue weighted by atomic mass is 10.0. The van der Waals surface area contributed by atoms with Gasteiger partial charge in [-0.25, -0.2) is 4.79 Å². The lowest BCUT2D eigenvalue weighted by molar-refractivity contribution is -0.274. The average molecular weight is 462 g/mol. The number of anilines is 1. The number of alkyl carbamates (subject to hydrolysis) is 1. The summed E-state index contributed by atoms with van der Waals surface area (Å²) in [5.74, 6) is -0.924. The number of rotatable bonds is 9. The van der Waals surface area contributed by atoms with Crippen LogP contribution in [-0.2, 0) is 14.4 Å². The van der Waals surface area contributed by atoms with Crippen LogP contribution in [0.15, 0.2) is 29.4 Å². The van der Waals surface area contributed by atoms with Gasteiger partial charge in [0.2, 0.25) is 0 Å². The lowest BCUT2D eigenvalue weighted by Crippen LogP contribution is -2.47. The molecule has 0 fully saturated rings. The van der Waals surface area contributed by atoms with Crippen molar-refractivity contribution in [1.82, 2.24) is 5.32 Å². The number of benzene rings is 1. The normalized spacial score (nSPS) is 13.3. The molecule has 32 heavy (non-hydrogen) atoms. The maximum atomic E-state index is 12.2. The van der Waals surface area contributed by atoms with E-state index in [4.69, 9.17) is 15.3 Å². The van der Waals surface area contributed by atoms with Crippen molar-refractivity contribution in [3.63, 3.8) is 0 Å². The van der Waals surface area contributed by atoms with Crippen LogP contribution in [0.3, 0.4) is 0 Å². The van der Waals surface area contributed by atoms with Gasteiger partial charge in [0.15, 0.2) is 12.4 Å². The minimum atomic E-state index is -4.80. The van der Waals surface area contributed by atoms with Crippen molar-refractivity contribution in [3.8, 4) is 5.75 Å². The molecule has 1 aromatic rings. The van der Waals surface area contributed by atoms with Crippen LogP contribution in [0.25, 0.3) is 0 Å². The van der Waals surface area contributed by atoms with E-state index in [2.05, 4.69) is 20.5 Å². The molecule has 0 spiro atoms. The topological polar surface area (TPSA) is 124 Å². The monoisotopic (exact) mass is 462 g/mol. The van der Waals surface area contributed by atoms with Gasteiger partial charge in [0.05, 0.1) is 6.04 Å². The molecule has 1 rings (SSSR count). The number of alkyl halides is 3. The molecule has 0 aliphatic rings. The second-order valence-corrected chi connectivity index (χ2v) is 8.24. The van der Waals surface area contributed by atoms with E-state index in [-0.39, 0.29) is 17.4 Å². The summed E-state index contributed by atoms with van der Waals surface area (Å²) in [5, 5.41) is 8.72. The van der Waals surface area contributed by atoms with E-state index in [1.165, 1.54) is 12.1 Å². The molecular weight excluding hydrogens is 433 g/mol. The second-order valence-electron chi connectivity index (χ2n) is 8.24. The quantitative estimate of drug-likeness (QED) is 0.292. The molecule has 0 aromatic heterocycles. The zero-order chi connectivity index (χ0) is 24.5. The number of halogens is 3. The number of hydrogen-bond acceptors (Lipinski definition) is 6. The van der Waals surface area contributed by atoms with Crippen LogP contribution in [0, 0.1) is 5.92 Å². The standard InChI is InChI=1S/C20H29F3N4O5/c1-12(2)10-15(26-18(29)32-19(3,4)5)17(24)27-30-11-16(28)25-13-6-8-14(9-7-13)31-20(21,22)23/h6-9,12,15H,10-11H2,1-5H3,(H2,24,27)(H,25,28)(H,26,29). The second kappa shape index (κ2) is 11.4. The van der Waals surface area contributed by atoms with Crippen LogP contribution in [0.4, 0.5) is 23.7 Å².